The molecule has 1 aliphatic rings. The van der Waals surface area contributed by atoms with Gasteiger partial charge in [-0.2, -0.15) is 0 Å². The van der Waals surface area contributed by atoms with Crippen LogP contribution in [0.3, 0.4) is 0 Å². The molecule has 1 aliphatic heterocycles. The molecule has 0 saturated carbocycles. The van der Waals surface area contributed by atoms with E-state index >= 15 is 0 Å². The van der Waals surface area contributed by atoms with Crippen LogP contribution in [0.2, 0.25) is 0 Å². The Morgan fingerprint density at radius 3 is 2.65 bits per heavy atom. The van der Waals surface area contributed by atoms with Crippen molar-refractivity contribution in [1.29, 1.82) is 0 Å². The van der Waals surface area contributed by atoms with E-state index in [0.29, 0.717) is 17.9 Å². The molecule has 0 aliphatic carbocycles. The second-order valence-electron chi connectivity index (χ2n) is 4.81. The first-order chi connectivity index (χ1) is 9.69. The molecule has 0 amide bonds. The molecule has 1 aromatic heterocycles. The first-order valence-electron chi connectivity index (χ1n) is 6.70. The summed E-state index contributed by atoms with van der Waals surface area (Å²) < 4.78 is 17.2. The van der Waals surface area contributed by atoms with Crippen LogP contribution in [0.25, 0.3) is 0 Å². The number of benzene rings is 1. The zero-order chi connectivity index (χ0) is 14.1. The molecule has 0 spiro atoms. The van der Waals surface area contributed by atoms with Gasteiger partial charge in [-0.3, -0.25) is 4.79 Å². The van der Waals surface area contributed by atoms with Crippen LogP contribution in [0, 0.1) is 6.92 Å². The molecule has 4 heteroatoms. The molecule has 0 fully saturated rings. The maximum absolute atomic E-state index is 12.1. The number of fused-ring (bicyclic) bond motifs is 1. The van der Waals surface area contributed by atoms with Gasteiger partial charge in [-0.25, -0.2) is 0 Å². The lowest BCUT2D eigenvalue weighted by atomic mass is 10.1. The zero-order valence-electron chi connectivity index (χ0n) is 11.5. The third kappa shape index (κ3) is 2.23. The van der Waals surface area contributed by atoms with Crippen molar-refractivity contribution >= 4 is 0 Å². The zero-order valence-corrected chi connectivity index (χ0v) is 11.5. The van der Waals surface area contributed by atoms with Crippen molar-refractivity contribution < 1.29 is 13.9 Å². The predicted octanol–water partition coefficient (Wildman–Crippen LogP) is 3.51. The van der Waals surface area contributed by atoms with Gasteiger partial charge >= 0.3 is 0 Å². The summed E-state index contributed by atoms with van der Waals surface area (Å²) >= 11 is 0. The molecule has 0 saturated heterocycles. The lowest BCUT2D eigenvalue weighted by molar-refractivity contribution is -0.155. The predicted molar refractivity (Wildman–Crippen MR) is 73.6 cm³/mol. The average molecular weight is 272 g/mol. The van der Waals surface area contributed by atoms with Gasteiger partial charge in [0, 0.05) is 11.6 Å². The van der Waals surface area contributed by atoms with Crippen molar-refractivity contribution in [3.05, 3.63) is 63.7 Å². The Morgan fingerprint density at radius 1 is 1.20 bits per heavy atom. The molecule has 0 bridgehead atoms. The summed E-state index contributed by atoms with van der Waals surface area (Å²) in [4.78, 5) is 12.1. The molecule has 104 valence electrons. The standard InChI is InChI=1S/C16H16O4/c1-3-13-15-14(12(17)9-10(2)18-15)20-16(19-13)11-7-5-4-6-8-11/h4-9,13,16H,3H2,1-2H3. The van der Waals surface area contributed by atoms with E-state index in [1.807, 2.05) is 37.3 Å². The summed E-state index contributed by atoms with van der Waals surface area (Å²) in [6.07, 6.45) is -0.123. The van der Waals surface area contributed by atoms with E-state index in [0.717, 1.165) is 5.56 Å². The quantitative estimate of drug-likeness (QED) is 0.839. The highest BCUT2D eigenvalue weighted by atomic mass is 16.7. The van der Waals surface area contributed by atoms with Crippen LogP contribution < -0.4 is 10.2 Å². The van der Waals surface area contributed by atoms with Gasteiger partial charge in [-0.15, -0.1) is 0 Å². The second kappa shape index (κ2) is 5.13. The van der Waals surface area contributed by atoms with Crippen molar-refractivity contribution in [3.63, 3.8) is 0 Å². The fourth-order valence-corrected chi connectivity index (χ4v) is 2.33. The van der Waals surface area contributed by atoms with Crippen LogP contribution in [0.4, 0.5) is 0 Å². The Kier molecular flexibility index (Phi) is 3.32. The molecular weight excluding hydrogens is 256 g/mol. The van der Waals surface area contributed by atoms with Crippen molar-refractivity contribution in [2.24, 2.45) is 0 Å². The normalized spacial score (nSPS) is 21.1. The van der Waals surface area contributed by atoms with E-state index in [1.165, 1.54) is 6.07 Å². The fraction of sp³-hybridized carbons (Fsp3) is 0.312. The molecule has 2 heterocycles. The average Bonchev–Trinajstić information content (AvgIpc) is 2.47. The van der Waals surface area contributed by atoms with Crippen molar-refractivity contribution in [2.45, 2.75) is 32.7 Å². The monoisotopic (exact) mass is 272 g/mol. The van der Waals surface area contributed by atoms with Crippen LogP contribution in [-0.4, -0.2) is 0 Å². The number of aryl methyl sites for hydroxylation is 1. The molecule has 1 aromatic carbocycles. The molecule has 3 rings (SSSR count). The van der Waals surface area contributed by atoms with E-state index in [9.17, 15) is 4.79 Å². The smallest absolute Gasteiger partial charge is 0.227 e. The fourth-order valence-electron chi connectivity index (χ4n) is 2.33. The van der Waals surface area contributed by atoms with Gasteiger partial charge in [0.1, 0.15) is 11.9 Å². The lowest BCUT2D eigenvalue weighted by Gasteiger charge is -2.30. The Balaban J connectivity index is 2.04. The van der Waals surface area contributed by atoms with Gasteiger partial charge in [0.2, 0.25) is 17.5 Å². The highest BCUT2D eigenvalue weighted by molar-refractivity contribution is 5.31. The molecule has 0 N–H and O–H groups in total. The van der Waals surface area contributed by atoms with E-state index in [1.54, 1.807) is 6.92 Å². The maximum Gasteiger partial charge on any atom is 0.227 e. The number of hydrogen-bond acceptors (Lipinski definition) is 4. The van der Waals surface area contributed by atoms with Crippen molar-refractivity contribution in [2.75, 3.05) is 0 Å². The summed E-state index contributed by atoms with van der Waals surface area (Å²) in [5, 5.41) is 0. The highest BCUT2D eigenvalue weighted by Crippen LogP contribution is 2.39. The summed E-state index contributed by atoms with van der Waals surface area (Å²) in [5.74, 6) is 1.32. The SMILES string of the molecule is CCC1OC(c2ccccc2)Oc2c1oc(C)cc2=O. The minimum atomic E-state index is -0.570. The van der Waals surface area contributed by atoms with Crippen LogP contribution in [0.5, 0.6) is 5.75 Å². The number of hydrogen-bond donors (Lipinski definition) is 0. The van der Waals surface area contributed by atoms with Gasteiger partial charge in [0.25, 0.3) is 0 Å². The first kappa shape index (κ1) is 12.9. The topological polar surface area (TPSA) is 48.7 Å². The van der Waals surface area contributed by atoms with Gasteiger partial charge < -0.3 is 13.9 Å². The first-order valence-corrected chi connectivity index (χ1v) is 6.70. The Bertz CT molecular complexity index is 660. The van der Waals surface area contributed by atoms with E-state index in [-0.39, 0.29) is 17.3 Å². The van der Waals surface area contributed by atoms with Crippen molar-refractivity contribution in [1.82, 2.24) is 0 Å². The molecule has 2 atom stereocenters. The third-order valence-corrected chi connectivity index (χ3v) is 3.30. The number of rotatable bonds is 2. The van der Waals surface area contributed by atoms with Crippen molar-refractivity contribution in [3.8, 4) is 5.75 Å². The third-order valence-electron chi connectivity index (χ3n) is 3.30. The van der Waals surface area contributed by atoms with Crippen LogP contribution in [-0.2, 0) is 4.74 Å². The Morgan fingerprint density at radius 2 is 1.95 bits per heavy atom. The van der Waals surface area contributed by atoms with E-state index in [2.05, 4.69) is 0 Å². The molecule has 2 aromatic rings. The lowest BCUT2D eigenvalue weighted by Crippen LogP contribution is -2.26. The van der Waals surface area contributed by atoms with Gasteiger partial charge in [0.05, 0.1) is 0 Å². The minimum Gasteiger partial charge on any atom is -0.459 e. The summed E-state index contributed by atoms with van der Waals surface area (Å²) in [6.45, 7) is 3.74. The maximum atomic E-state index is 12.1. The largest absolute Gasteiger partial charge is 0.459 e. The molecule has 0 radical (unpaired) electrons. The van der Waals surface area contributed by atoms with Gasteiger partial charge in [-0.1, -0.05) is 37.3 Å². The van der Waals surface area contributed by atoms with Crippen LogP contribution in [0.1, 0.15) is 42.8 Å². The summed E-state index contributed by atoms with van der Waals surface area (Å²) in [6, 6.07) is 11.0. The Hall–Kier alpha value is -2.07. The summed E-state index contributed by atoms with van der Waals surface area (Å²) in [7, 11) is 0. The highest BCUT2D eigenvalue weighted by Gasteiger charge is 2.33. The van der Waals surface area contributed by atoms with Gasteiger partial charge in [0.15, 0.2) is 5.76 Å². The second-order valence-corrected chi connectivity index (χ2v) is 4.81. The van der Waals surface area contributed by atoms with Crippen LogP contribution >= 0.6 is 0 Å². The molecule has 4 nitrogen and oxygen atoms in total. The van der Waals surface area contributed by atoms with Gasteiger partial charge in [-0.05, 0) is 13.3 Å². The Labute approximate surface area is 117 Å². The molecule has 20 heavy (non-hydrogen) atoms. The molecule has 2 unspecified atom stereocenters. The van der Waals surface area contributed by atoms with E-state index < -0.39 is 6.29 Å². The minimum absolute atomic E-state index is 0.161. The van der Waals surface area contributed by atoms with Crippen LogP contribution in [0.15, 0.2) is 45.6 Å². The molecular formula is C16H16O4. The van der Waals surface area contributed by atoms with E-state index in [4.69, 9.17) is 13.9 Å². The number of ether oxygens (including phenoxy) is 2. The summed E-state index contributed by atoms with van der Waals surface area (Å²) in [5.41, 5.74) is 0.725.